The summed E-state index contributed by atoms with van der Waals surface area (Å²) in [5.74, 6) is 1.38. The monoisotopic (exact) mass is 406 g/mol. The number of benzene rings is 1. The van der Waals surface area contributed by atoms with Gasteiger partial charge in [-0.1, -0.05) is 0 Å². The Morgan fingerprint density at radius 3 is 2.70 bits per heavy atom. The van der Waals surface area contributed by atoms with Gasteiger partial charge in [0.05, 0.1) is 17.5 Å². The van der Waals surface area contributed by atoms with Crippen LogP contribution in [0.15, 0.2) is 41.7 Å². The van der Waals surface area contributed by atoms with Crippen molar-refractivity contribution >= 4 is 16.6 Å². The number of hydrogen-bond acceptors (Lipinski definition) is 7. The number of fused-ring (bicyclic) bond motifs is 1. The Balaban J connectivity index is 1.26. The second-order valence-corrected chi connectivity index (χ2v) is 8.25. The maximum atomic E-state index is 11.5. The fourth-order valence-corrected chi connectivity index (χ4v) is 3.88. The summed E-state index contributed by atoms with van der Waals surface area (Å²) < 4.78 is 7.51. The van der Waals surface area contributed by atoms with Gasteiger partial charge >= 0.3 is 5.69 Å². The smallest absolute Gasteiger partial charge is 0.347 e. The molecule has 5 rings (SSSR count). The van der Waals surface area contributed by atoms with Crippen LogP contribution in [0.2, 0.25) is 0 Å². The van der Waals surface area contributed by atoms with Crippen LogP contribution in [0.5, 0.6) is 5.88 Å². The number of hydrogen-bond donors (Lipinski definition) is 0. The number of anilines is 1. The molecule has 0 atom stereocenters. The van der Waals surface area contributed by atoms with E-state index in [-0.39, 0.29) is 5.69 Å². The molecule has 30 heavy (non-hydrogen) atoms. The Hall–Kier alpha value is -3.00. The van der Waals surface area contributed by atoms with E-state index >= 15 is 0 Å². The number of ether oxygens (including phenoxy) is 1. The van der Waals surface area contributed by atoms with Gasteiger partial charge in [0.1, 0.15) is 6.33 Å². The van der Waals surface area contributed by atoms with Crippen LogP contribution in [-0.2, 0) is 13.6 Å². The third-order valence-corrected chi connectivity index (χ3v) is 5.88. The molecule has 1 saturated heterocycles. The molecule has 1 aromatic carbocycles. The number of rotatable bonds is 6. The van der Waals surface area contributed by atoms with Crippen LogP contribution in [0.1, 0.15) is 18.4 Å². The highest BCUT2D eigenvalue weighted by molar-refractivity contribution is 5.86. The average Bonchev–Trinajstić information content (AvgIpc) is 3.60. The lowest BCUT2D eigenvalue weighted by atomic mass is 10.1. The Kier molecular flexibility index (Phi) is 5.08. The van der Waals surface area contributed by atoms with Gasteiger partial charge in [-0.2, -0.15) is 0 Å². The normalized spacial score (nSPS) is 17.4. The summed E-state index contributed by atoms with van der Waals surface area (Å²) in [6.07, 6.45) is 7.65. The molecule has 1 aliphatic carbocycles. The number of nitrogens with zero attached hydrogens (tertiary/aromatic N) is 6. The van der Waals surface area contributed by atoms with Gasteiger partial charge in [0, 0.05) is 63.4 Å². The molecule has 0 N–H and O–H groups in total. The van der Waals surface area contributed by atoms with Crippen molar-refractivity contribution < 1.29 is 4.74 Å². The van der Waals surface area contributed by atoms with E-state index < -0.39 is 0 Å². The second kappa shape index (κ2) is 8.02. The summed E-state index contributed by atoms with van der Waals surface area (Å²) in [5, 5.41) is 0.981. The third kappa shape index (κ3) is 4.14. The highest BCUT2D eigenvalue weighted by Gasteiger charge is 2.23. The summed E-state index contributed by atoms with van der Waals surface area (Å²) in [6.45, 7) is 5.34. The molecule has 2 aliphatic rings. The van der Waals surface area contributed by atoms with E-state index in [4.69, 9.17) is 4.74 Å². The Bertz CT molecular complexity index is 1100. The Morgan fingerprint density at radius 2 is 1.93 bits per heavy atom. The van der Waals surface area contributed by atoms with Crippen LogP contribution in [-0.4, -0.2) is 57.2 Å². The lowest BCUT2D eigenvalue weighted by Crippen LogP contribution is -2.46. The summed E-state index contributed by atoms with van der Waals surface area (Å²) >= 11 is 0. The molecule has 0 unspecified atom stereocenters. The third-order valence-electron chi connectivity index (χ3n) is 5.88. The molecular formula is C22H26N6O2. The first-order chi connectivity index (χ1) is 14.7. The minimum Gasteiger partial charge on any atom is -0.477 e. The van der Waals surface area contributed by atoms with Crippen LogP contribution in [0, 0.1) is 5.92 Å². The largest absolute Gasteiger partial charge is 0.477 e. The molecule has 0 radical (unpaired) electrons. The molecular weight excluding hydrogens is 380 g/mol. The van der Waals surface area contributed by atoms with Crippen LogP contribution in [0.3, 0.4) is 0 Å². The van der Waals surface area contributed by atoms with Crippen molar-refractivity contribution in [3.05, 3.63) is 53.0 Å². The van der Waals surface area contributed by atoms with Crippen molar-refractivity contribution in [1.29, 1.82) is 0 Å². The molecule has 3 aromatic rings. The predicted molar refractivity (Wildman–Crippen MR) is 115 cm³/mol. The lowest BCUT2D eigenvalue weighted by Gasteiger charge is -2.36. The van der Waals surface area contributed by atoms with E-state index in [2.05, 4.69) is 43.0 Å². The molecule has 2 aromatic heterocycles. The van der Waals surface area contributed by atoms with Gasteiger partial charge in [0.15, 0.2) is 0 Å². The van der Waals surface area contributed by atoms with Gasteiger partial charge < -0.3 is 14.2 Å². The van der Waals surface area contributed by atoms with Crippen LogP contribution < -0.4 is 15.3 Å². The van der Waals surface area contributed by atoms with Gasteiger partial charge in [0.2, 0.25) is 5.88 Å². The molecule has 1 saturated carbocycles. The Labute approximate surface area is 175 Å². The minimum atomic E-state index is -0.218. The molecule has 156 valence electrons. The average molecular weight is 406 g/mol. The highest BCUT2D eigenvalue weighted by Crippen LogP contribution is 2.32. The fourth-order valence-electron chi connectivity index (χ4n) is 3.88. The quantitative estimate of drug-likeness (QED) is 0.618. The summed E-state index contributed by atoms with van der Waals surface area (Å²) in [6, 6.07) is 6.34. The first-order valence-electron chi connectivity index (χ1n) is 10.5. The zero-order valence-corrected chi connectivity index (χ0v) is 17.2. The van der Waals surface area contributed by atoms with Crippen molar-refractivity contribution in [2.45, 2.75) is 19.4 Å². The van der Waals surface area contributed by atoms with Gasteiger partial charge in [-0.25, -0.2) is 19.7 Å². The van der Waals surface area contributed by atoms with Crippen molar-refractivity contribution in [2.24, 2.45) is 13.0 Å². The summed E-state index contributed by atoms with van der Waals surface area (Å²) in [7, 11) is 1.74. The van der Waals surface area contributed by atoms with Gasteiger partial charge in [-0.15, -0.1) is 0 Å². The van der Waals surface area contributed by atoms with Crippen LogP contribution >= 0.6 is 0 Å². The SMILES string of the molecule is Cn1cc(CN2CCN(c3ccc4ncnc(OCC5CC5)c4c3)CC2)cnc1=O. The van der Waals surface area contributed by atoms with Crippen molar-refractivity contribution in [3.8, 4) is 5.88 Å². The summed E-state index contributed by atoms with van der Waals surface area (Å²) in [4.78, 5) is 29.0. The van der Waals surface area contributed by atoms with E-state index in [0.717, 1.165) is 55.8 Å². The van der Waals surface area contributed by atoms with E-state index in [1.807, 2.05) is 6.20 Å². The van der Waals surface area contributed by atoms with Crippen molar-refractivity contribution in [3.63, 3.8) is 0 Å². The van der Waals surface area contributed by atoms with E-state index in [1.165, 1.54) is 23.1 Å². The molecule has 0 bridgehead atoms. The molecule has 0 spiro atoms. The first-order valence-corrected chi connectivity index (χ1v) is 10.5. The first kappa shape index (κ1) is 19.0. The van der Waals surface area contributed by atoms with Gasteiger partial charge in [0.25, 0.3) is 0 Å². The molecule has 8 nitrogen and oxygen atoms in total. The predicted octanol–water partition coefficient (Wildman–Crippen LogP) is 1.83. The van der Waals surface area contributed by atoms with Crippen LogP contribution in [0.4, 0.5) is 5.69 Å². The molecule has 2 fully saturated rings. The molecule has 1 aliphatic heterocycles. The van der Waals surface area contributed by atoms with Crippen molar-refractivity contribution in [2.75, 3.05) is 37.7 Å². The lowest BCUT2D eigenvalue weighted by molar-refractivity contribution is 0.249. The molecule has 0 amide bonds. The maximum Gasteiger partial charge on any atom is 0.347 e. The van der Waals surface area contributed by atoms with Crippen molar-refractivity contribution in [1.82, 2.24) is 24.4 Å². The van der Waals surface area contributed by atoms with E-state index in [0.29, 0.717) is 11.8 Å². The number of piperazine rings is 1. The number of aryl methyl sites for hydroxylation is 1. The van der Waals surface area contributed by atoms with Crippen LogP contribution in [0.25, 0.3) is 10.9 Å². The Morgan fingerprint density at radius 1 is 1.10 bits per heavy atom. The van der Waals surface area contributed by atoms with Gasteiger partial charge in [-0.05, 0) is 37.0 Å². The zero-order chi connectivity index (χ0) is 20.5. The standard InChI is InChI=1S/C22H26N6O2/c1-26-12-17(11-23-22(26)29)13-27-6-8-28(9-7-27)18-4-5-20-19(10-18)21(25-15-24-20)30-14-16-2-3-16/h4-5,10-12,15-16H,2-3,6-9,13-14H2,1H3. The molecule has 3 heterocycles. The zero-order valence-electron chi connectivity index (χ0n) is 17.2. The fraction of sp³-hybridized carbons (Fsp3) is 0.455. The highest BCUT2D eigenvalue weighted by atomic mass is 16.5. The van der Waals surface area contributed by atoms with E-state index in [9.17, 15) is 4.79 Å². The maximum absolute atomic E-state index is 11.5. The minimum absolute atomic E-state index is 0.218. The summed E-state index contributed by atoms with van der Waals surface area (Å²) in [5.41, 5.74) is 2.94. The van der Waals surface area contributed by atoms with E-state index in [1.54, 1.807) is 19.6 Å². The molecule has 8 heteroatoms. The topological polar surface area (TPSA) is 76.4 Å². The van der Waals surface area contributed by atoms with Gasteiger partial charge in [-0.3, -0.25) is 4.90 Å². The second-order valence-electron chi connectivity index (χ2n) is 8.25. The number of aromatic nitrogens is 4.